The Hall–Kier alpha value is -3.53. The number of carbonyl (C=O) groups is 1. The van der Waals surface area contributed by atoms with Gasteiger partial charge in [-0.2, -0.15) is 0 Å². The van der Waals surface area contributed by atoms with Gasteiger partial charge < -0.3 is 10.1 Å². The van der Waals surface area contributed by atoms with Crippen molar-refractivity contribution >= 4 is 27.3 Å². The van der Waals surface area contributed by atoms with Crippen LogP contribution in [0.5, 0.6) is 5.75 Å². The summed E-state index contributed by atoms with van der Waals surface area (Å²) in [7, 11) is -3.95. The fourth-order valence-electron chi connectivity index (χ4n) is 2.69. The van der Waals surface area contributed by atoms with Crippen molar-refractivity contribution in [2.45, 2.75) is 18.2 Å². The number of alkyl halides is 3. The van der Waals surface area contributed by atoms with Crippen molar-refractivity contribution in [2.24, 2.45) is 0 Å². The van der Waals surface area contributed by atoms with Crippen molar-refractivity contribution in [2.75, 3.05) is 10.0 Å². The number of nitrogens with one attached hydrogen (secondary N) is 2. The summed E-state index contributed by atoms with van der Waals surface area (Å²) in [6.45, 7) is 1.60. The lowest BCUT2D eigenvalue weighted by molar-refractivity contribution is -0.274. The van der Waals surface area contributed by atoms with Crippen LogP contribution in [-0.4, -0.2) is 20.7 Å². The number of aryl methyl sites for hydroxylation is 1. The molecule has 31 heavy (non-hydrogen) atoms. The molecule has 0 heterocycles. The molecule has 0 saturated carbocycles. The van der Waals surface area contributed by atoms with Crippen LogP contribution in [0, 0.1) is 6.92 Å². The first-order valence-electron chi connectivity index (χ1n) is 8.89. The molecule has 1 amide bonds. The van der Waals surface area contributed by atoms with Crippen molar-refractivity contribution in [1.82, 2.24) is 0 Å². The zero-order chi connectivity index (χ0) is 22.6. The Morgan fingerprint density at radius 2 is 1.55 bits per heavy atom. The summed E-state index contributed by atoms with van der Waals surface area (Å²) in [5.41, 5.74) is 1.09. The molecule has 3 rings (SSSR count). The van der Waals surface area contributed by atoms with Gasteiger partial charge in [0.2, 0.25) is 0 Å². The number of hydrogen-bond donors (Lipinski definition) is 2. The average Bonchev–Trinajstić information content (AvgIpc) is 2.69. The molecule has 0 fully saturated rings. The number of benzene rings is 3. The third kappa shape index (κ3) is 5.98. The van der Waals surface area contributed by atoms with Crippen molar-refractivity contribution in [3.8, 4) is 5.75 Å². The maximum absolute atomic E-state index is 12.8. The van der Waals surface area contributed by atoms with Crippen molar-refractivity contribution in [1.29, 1.82) is 0 Å². The van der Waals surface area contributed by atoms with Gasteiger partial charge in [0.25, 0.3) is 15.9 Å². The van der Waals surface area contributed by atoms with E-state index in [1.165, 1.54) is 30.3 Å². The minimum atomic E-state index is -4.82. The lowest BCUT2D eigenvalue weighted by atomic mass is 10.1. The van der Waals surface area contributed by atoms with E-state index in [4.69, 9.17) is 0 Å². The Kier molecular flexibility index (Phi) is 6.21. The van der Waals surface area contributed by atoms with Gasteiger partial charge in [0.15, 0.2) is 0 Å². The topological polar surface area (TPSA) is 84.5 Å². The normalized spacial score (nSPS) is 11.6. The van der Waals surface area contributed by atoms with E-state index < -0.39 is 28.0 Å². The van der Waals surface area contributed by atoms with Crippen molar-refractivity contribution in [3.63, 3.8) is 0 Å². The number of ether oxygens (including phenoxy) is 1. The Bertz CT molecular complexity index is 1180. The molecular weight excluding hydrogens is 433 g/mol. The van der Waals surface area contributed by atoms with Gasteiger partial charge in [0.05, 0.1) is 4.90 Å². The van der Waals surface area contributed by atoms with E-state index in [2.05, 4.69) is 14.8 Å². The standard InChI is InChI=1S/C21H17F3N2O4S/c1-14-7-8-15(13-19(14)31(28,29)26-17-5-3-2-4-6-17)20(27)25-16-9-11-18(12-10-16)30-21(22,23)24/h2-13,26H,1H3,(H,25,27). The molecule has 10 heteroatoms. The number of sulfonamides is 1. The summed E-state index contributed by atoms with van der Waals surface area (Å²) < 4.78 is 68.4. The minimum Gasteiger partial charge on any atom is -0.406 e. The highest BCUT2D eigenvalue weighted by Gasteiger charge is 2.31. The van der Waals surface area contributed by atoms with E-state index in [0.717, 1.165) is 12.1 Å². The number of amides is 1. The molecule has 0 aliphatic rings. The molecule has 0 atom stereocenters. The van der Waals surface area contributed by atoms with Crippen LogP contribution in [0.25, 0.3) is 0 Å². The highest BCUT2D eigenvalue weighted by Crippen LogP contribution is 2.25. The van der Waals surface area contributed by atoms with Crippen LogP contribution in [0.2, 0.25) is 0 Å². The first-order chi connectivity index (χ1) is 14.5. The number of para-hydroxylation sites is 1. The number of rotatable bonds is 6. The maximum Gasteiger partial charge on any atom is 0.573 e. The van der Waals surface area contributed by atoms with Crippen LogP contribution >= 0.6 is 0 Å². The quantitative estimate of drug-likeness (QED) is 0.557. The molecule has 0 spiro atoms. The smallest absolute Gasteiger partial charge is 0.406 e. The fraction of sp³-hybridized carbons (Fsp3) is 0.0952. The first kappa shape index (κ1) is 22.2. The summed E-state index contributed by atoms with van der Waals surface area (Å²) in [5.74, 6) is -1.05. The Morgan fingerprint density at radius 3 is 2.16 bits per heavy atom. The molecule has 0 saturated heterocycles. The third-order valence-electron chi connectivity index (χ3n) is 4.11. The summed E-state index contributed by atoms with van der Waals surface area (Å²) in [6.07, 6.45) is -4.82. The second-order valence-corrected chi connectivity index (χ2v) is 8.13. The van der Waals surface area contributed by atoms with Gasteiger partial charge in [0.1, 0.15) is 5.75 Å². The average molecular weight is 450 g/mol. The summed E-state index contributed by atoms with van der Waals surface area (Å²) in [6, 6.07) is 17.1. The molecule has 0 unspecified atom stereocenters. The molecule has 0 bridgehead atoms. The number of hydrogen-bond acceptors (Lipinski definition) is 4. The largest absolute Gasteiger partial charge is 0.573 e. The van der Waals surface area contributed by atoms with Crippen LogP contribution in [0.4, 0.5) is 24.5 Å². The van der Waals surface area contributed by atoms with Gasteiger partial charge in [0, 0.05) is 16.9 Å². The van der Waals surface area contributed by atoms with Crippen LogP contribution in [-0.2, 0) is 10.0 Å². The Labute approximate surface area is 176 Å². The highest BCUT2D eigenvalue weighted by atomic mass is 32.2. The van der Waals surface area contributed by atoms with Gasteiger partial charge in [-0.3, -0.25) is 9.52 Å². The van der Waals surface area contributed by atoms with Crippen LogP contribution in [0.3, 0.4) is 0 Å². The summed E-state index contributed by atoms with van der Waals surface area (Å²) in [4.78, 5) is 12.5. The van der Waals surface area contributed by atoms with Crippen molar-refractivity contribution < 1.29 is 31.1 Å². The predicted molar refractivity (Wildman–Crippen MR) is 110 cm³/mol. The van der Waals surface area contributed by atoms with Gasteiger partial charge in [-0.05, 0) is 61.0 Å². The van der Waals surface area contributed by atoms with Gasteiger partial charge in [-0.15, -0.1) is 13.2 Å². The predicted octanol–water partition coefficient (Wildman–Crippen LogP) is 4.95. The fourth-order valence-corrected chi connectivity index (χ4v) is 4.02. The van der Waals surface area contributed by atoms with E-state index in [1.54, 1.807) is 37.3 Å². The number of anilines is 2. The van der Waals surface area contributed by atoms with Crippen LogP contribution in [0.1, 0.15) is 15.9 Å². The molecule has 0 aromatic heterocycles. The minimum absolute atomic E-state index is 0.0645. The SMILES string of the molecule is Cc1ccc(C(=O)Nc2ccc(OC(F)(F)F)cc2)cc1S(=O)(=O)Nc1ccccc1. The molecule has 0 aliphatic carbocycles. The van der Waals surface area contributed by atoms with E-state index >= 15 is 0 Å². The lowest BCUT2D eigenvalue weighted by Gasteiger charge is -2.13. The summed E-state index contributed by atoms with van der Waals surface area (Å²) >= 11 is 0. The van der Waals surface area contributed by atoms with E-state index in [0.29, 0.717) is 11.3 Å². The molecule has 0 radical (unpaired) electrons. The van der Waals surface area contributed by atoms with Gasteiger partial charge in [-0.25, -0.2) is 8.42 Å². The van der Waals surface area contributed by atoms with Crippen LogP contribution in [0.15, 0.2) is 77.7 Å². The molecule has 2 N–H and O–H groups in total. The third-order valence-corrected chi connectivity index (χ3v) is 5.63. The van der Waals surface area contributed by atoms with E-state index in [-0.39, 0.29) is 16.1 Å². The van der Waals surface area contributed by atoms with E-state index in [1.807, 2.05) is 0 Å². The zero-order valence-electron chi connectivity index (χ0n) is 16.1. The highest BCUT2D eigenvalue weighted by molar-refractivity contribution is 7.92. The zero-order valence-corrected chi connectivity index (χ0v) is 16.9. The first-order valence-corrected chi connectivity index (χ1v) is 10.4. The second kappa shape index (κ2) is 8.68. The second-order valence-electron chi connectivity index (χ2n) is 6.48. The molecule has 162 valence electrons. The summed E-state index contributed by atoms with van der Waals surface area (Å²) in [5, 5.41) is 2.51. The van der Waals surface area contributed by atoms with Gasteiger partial charge in [-0.1, -0.05) is 24.3 Å². The maximum atomic E-state index is 12.8. The molecular formula is C21H17F3N2O4S. The molecule has 3 aromatic carbocycles. The van der Waals surface area contributed by atoms with Gasteiger partial charge >= 0.3 is 6.36 Å². The Morgan fingerprint density at radius 1 is 0.903 bits per heavy atom. The lowest BCUT2D eigenvalue weighted by Crippen LogP contribution is -2.18. The Balaban J connectivity index is 1.78. The molecule has 0 aliphatic heterocycles. The monoisotopic (exact) mass is 450 g/mol. The molecule has 6 nitrogen and oxygen atoms in total. The molecule has 3 aromatic rings. The number of halogens is 3. The van der Waals surface area contributed by atoms with Crippen LogP contribution < -0.4 is 14.8 Å². The number of carbonyl (C=O) groups excluding carboxylic acids is 1. The van der Waals surface area contributed by atoms with Crippen molar-refractivity contribution in [3.05, 3.63) is 83.9 Å². The van der Waals surface area contributed by atoms with E-state index in [9.17, 15) is 26.4 Å².